The van der Waals surface area contributed by atoms with Crippen LogP contribution >= 0.6 is 0 Å². The molecule has 2 aromatic carbocycles. The van der Waals surface area contributed by atoms with Gasteiger partial charge in [0.05, 0.1) is 21.3 Å². The predicted octanol–water partition coefficient (Wildman–Crippen LogP) is 3.11. The fraction of sp³-hybridized carbons (Fsp3) is 0.300. The molecule has 2 rings (SSSR count). The van der Waals surface area contributed by atoms with Gasteiger partial charge >= 0.3 is 0 Å². The third-order valence-electron chi connectivity index (χ3n) is 3.83. The number of benzene rings is 2. The molecular weight excluding hydrogens is 362 g/mol. The first-order chi connectivity index (χ1) is 13.5. The Bertz CT molecular complexity index is 796. The lowest BCUT2D eigenvalue weighted by Gasteiger charge is -2.15. The molecular formula is C20H25N3O5. The van der Waals surface area contributed by atoms with Gasteiger partial charge in [0.2, 0.25) is 17.6 Å². The van der Waals surface area contributed by atoms with Crippen LogP contribution in [0.5, 0.6) is 17.2 Å². The third-order valence-corrected chi connectivity index (χ3v) is 3.83. The minimum Gasteiger partial charge on any atom is -0.493 e. The van der Waals surface area contributed by atoms with Gasteiger partial charge in [-0.1, -0.05) is 0 Å². The summed E-state index contributed by atoms with van der Waals surface area (Å²) < 4.78 is 15.9. The van der Waals surface area contributed by atoms with Crippen molar-refractivity contribution < 1.29 is 23.8 Å². The second kappa shape index (κ2) is 10.1. The number of rotatable bonds is 9. The molecule has 0 aliphatic heterocycles. The van der Waals surface area contributed by atoms with E-state index in [4.69, 9.17) is 14.2 Å². The summed E-state index contributed by atoms with van der Waals surface area (Å²) in [6.45, 7) is 1.87. The van der Waals surface area contributed by atoms with Crippen LogP contribution in [0.25, 0.3) is 0 Å². The Morgan fingerprint density at radius 3 is 1.82 bits per heavy atom. The van der Waals surface area contributed by atoms with E-state index < -0.39 is 0 Å². The lowest BCUT2D eigenvalue weighted by Crippen LogP contribution is -2.16. The SMILES string of the molecule is COc1cc(NCCC(=O)Nc2ccc(NC(C)=O)cc2)cc(OC)c1OC. The van der Waals surface area contributed by atoms with E-state index in [9.17, 15) is 9.59 Å². The van der Waals surface area contributed by atoms with Crippen molar-refractivity contribution in [3.05, 3.63) is 36.4 Å². The van der Waals surface area contributed by atoms with Crippen molar-refractivity contribution in [3.8, 4) is 17.2 Å². The summed E-state index contributed by atoms with van der Waals surface area (Å²) in [6, 6.07) is 10.5. The highest BCUT2D eigenvalue weighted by Crippen LogP contribution is 2.39. The molecule has 0 radical (unpaired) electrons. The van der Waals surface area contributed by atoms with E-state index in [0.29, 0.717) is 35.2 Å². The van der Waals surface area contributed by atoms with Gasteiger partial charge in [-0.05, 0) is 24.3 Å². The molecule has 0 atom stereocenters. The summed E-state index contributed by atoms with van der Waals surface area (Å²) in [5.41, 5.74) is 2.09. The van der Waals surface area contributed by atoms with Crippen LogP contribution in [0.1, 0.15) is 13.3 Å². The first kappa shape index (κ1) is 20.9. The predicted molar refractivity (Wildman–Crippen MR) is 109 cm³/mol. The van der Waals surface area contributed by atoms with Crippen LogP contribution < -0.4 is 30.2 Å². The van der Waals surface area contributed by atoms with Crippen molar-refractivity contribution in [2.24, 2.45) is 0 Å². The van der Waals surface area contributed by atoms with Crippen LogP contribution in [-0.2, 0) is 9.59 Å². The second-order valence-electron chi connectivity index (χ2n) is 5.90. The number of hydrogen-bond donors (Lipinski definition) is 3. The highest BCUT2D eigenvalue weighted by atomic mass is 16.5. The summed E-state index contributed by atoms with van der Waals surface area (Å²) in [5, 5.41) is 8.65. The number of methoxy groups -OCH3 is 3. The standard InChI is InChI=1S/C20H25N3O5/c1-13(24)22-14-5-7-15(8-6-14)23-19(25)9-10-21-16-11-17(26-2)20(28-4)18(12-16)27-3/h5-8,11-12,21H,9-10H2,1-4H3,(H,22,24)(H,23,25). The van der Waals surface area contributed by atoms with E-state index in [-0.39, 0.29) is 18.2 Å². The lowest BCUT2D eigenvalue weighted by molar-refractivity contribution is -0.116. The zero-order valence-corrected chi connectivity index (χ0v) is 16.4. The Kier molecular flexibility index (Phi) is 7.50. The van der Waals surface area contributed by atoms with Crippen molar-refractivity contribution in [2.45, 2.75) is 13.3 Å². The van der Waals surface area contributed by atoms with E-state index in [0.717, 1.165) is 5.69 Å². The molecule has 3 N–H and O–H groups in total. The van der Waals surface area contributed by atoms with Gasteiger partial charge in [-0.3, -0.25) is 9.59 Å². The molecule has 2 aromatic rings. The first-order valence-corrected chi connectivity index (χ1v) is 8.68. The average Bonchev–Trinajstić information content (AvgIpc) is 2.68. The third kappa shape index (κ3) is 5.80. The molecule has 150 valence electrons. The maximum Gasteiger partial charge on any atom is 0.226 e. The Balaban J connectivity index is 1.89. The molecule has 0 saturated carbocycles. The quantitative estimate of drug-likeness (QED) is 0.612. The van der Waals surface area contributed by atoms with Gasteiger partial charge < -0.3 is 30.2 Å². The zero-order chi connectivity index (χ0) is 20.5. The van der Waals surface area contributed by atoms with E-state index in [1.54, 1.807) is 57.7 Å². The highest BCUT2D eigenvalue weighted by molar-refractivity contribution is 5.92. The Hall–Kier alpha value is -3.42. The van der Waals surface area contributed by atoms with Crippen molar-refractivity contribution in [1.82, 2.24) is 0 Å². The first-order valence-electron chi connectivity index (χ1n) is 8.68. The summed E-state index contributed by atoms with van der Waals surface area (Å²) in [6.07, 6.45) is 0.268. The van der Waals surface area contributed by atoms with Crippen LogP contribution in [0.4, 0.5) is 17.1 Å². The van der Waals surface area contributed by atoms with Crippen molar-refractivity contribution in [2.75, 3.05) is 43.8 Å². The van der Waals surface area contributed by atoms with Gasteiger partial charge in [0.1, 0.15) is 0 Å². The molecule has 0 saturated heterocycles. The summed E-state index contributed by atoms with van der Waals surface area (Å²) in [5.74, 6) is 1.30. The minimum atomic E-state index is -0.144. The van der Waals surface area contributed by atoms with Gasteiger partial charge in [0, 0.05) is 49.1 Å². The fourth-order valence-corrected chi connectivity index (χ4v) is 2.57. The second-order valence-corrected chi connectivity index (χ2v) is 5.90. The maximum atomic E-state index is 12.1. The molecule has 0 aliphatic rings. The van der Waals surface area contributed by atoms with Crippen LogP contribution in [0.2, 0.25) is 0 Å². The van der Waals surface area contributed by atoms with Crippen LogP contribution in [-0.4, -0.2) is 39.7 Å². The van der Waals surface area contributed by atoms with E-state index >= 15 is 0 Å². The monoisotopic (exact) mass is 387 g/mol. The van der Waals surface area contributed by atoms with E-state index in [1.807, 2.05) is 0 Å². The number of anilines is 3. The van der Waals surface area contributed by atoms with Gasteiger partial charge in [0.15, 0.2) is 11.5 Å². The summed E-state index contributed by atoms with van der Waals surface area (Å²) >= 11 is 0. The van der Waals surface area contributed by atoms with Crippen molar-refractivity contribution in [3.63, 3.8) is 0 Å². The van der Waals surface area contributed by atoms with Crippen molar-refractivity contribution >= 4 is 28.9 Å². The normalized spacial score (nSPS) is 10.0. The molecule has 28 heavy (non-hydrogen) atoms. The molecule has 8 nitrogen and oxygen atoms in total. The van der Waals surface area contributed by atoms with Gasteiger partial charge in [-0.25, -0.2) is 0 Å². The number of carbonyl (C=O) groups is 2. The Labute approximate surface area is 164 Å². The number of amides is 2. The summed E-state index contributed by atoms with van der Waals surface area (Å²) in [4.78, 5) is 23.1. The number of nitrogens with one attached hydrogen (secondary N) is 3. The van der Waals surface area contributed by atoms with Gasteiger partial charge in [0.25, 0.3) is 0 Å². The molecule has 0 aromatic heterocycles. The van der Waals surface area contributed by atoms with E-state index in [1.165, 1.54) is 6.92 Å². The van der Waals surface area contributed by atoms with Crippen LogP contribution in [0, 0.1) is 0 Å². The molecule has 2 amide bonds. The molecule has 0 bridgehead atoms. The lowest BCUT2D eigenvalue weighted by atomic mass is 10.2. The number of carbonyl (C=O) groups excluding carboxylic acids is 2. The molecule has 0 heterocycles. The Morgan fingerprint density at radius 1 is 0.821 bits per heavy atom. The molecule has 0 unspecified atom stereocenters. The average molecular weight is 387 g/mol. The zero-order valence-electron chi connectivity index (χ0n) is 16.4. The van der Waals surface area contributed by atoms with Crippen LogP contribution in [0.3, 0.4) is 0 Å². The number of hydrogen-bond acceptors (Lipinski definition) is 6. The fourth-order valence-electron chi connectivity index (χ4n) is 2.57. The van der Waals surface area contributed by atoms with Crippen LogP contribution in [0.15, 0.2) is 36.4 Å². The maximum absolute atomic E-state index is 12.1. The molecule has 0 aliphatic carbocycles. The van der Waals surface area contributed by atoms with E-state index in [2.05, 4.69) is 16.0 Å². The van der Waals surface area contributed by atoms with Gasteiger partial charge in [-0.15, -0.1) is 0 Å². The molecule has 0 spiro atoms. The highest BCUT2D eigenvalue weighted by Gasteiger charge is 2.13. The smallest absolute Gasteiger partial charge is 0.226 e. The topological polar surface area (TPSA) is 97.9 Å². The molecule has 0 fully saturated rings. The summed E-state index contributed by atoms with van der Waals surface area (Å²) in [7, 11) is 4.64. The molecule has 8 heteroatoms. The minimum absolute atomic E-state index is 0.132. The van der Waals surface area contributed by atoms with Gasteiger partial charge in [-0.2, -0.15) is 0 Å². The number of ether oxygens (including phenoxy) is 3. The van der Waals surface area contributed by atoms with Crippen molar-refractivity contribution in [1.29, 1.82) is 0 Å². The Morgan fingerprint density at radius 2 is 1.36 bits per heavy atom. The largest absolute Gasteiger partial charge is 0.493 e.